The van der Waals surface area contributed by atoms with E-state index in [1.54, 1.807) is 12.4 Å². The molecule has 0 atom stereocenters. The summed E-state index contributed by atoms with van der Waals surface area (Å²) >= 11 is 6.38. The maximum Gasteiger partial charge on any atom is 0.401 e. The van der Waals surface area contributed by atoms with Crippen molar-refractivity contribution in [2.24, 2.45) is 5.41 Å². The van der Waals surface area contributed by atoms with E-state index in [-0.39, 0.29) is 11.5 Å². The van der Waals surface area contributed by atoms with Gasteiger partial charge in [-0.2, -0.15) is 13.2 Å². The lowest BCUT2D eigenvalue weighted by atomic mass is 9.57. The lowest BCUT2D eigenvalue weighted by Gasteiger charge is -2.59. The van der Waals surface area contributed by atoms with E-state index in [0.717, 1.165) is 60.3 Å². The minimum Gasteiger partial charge on any atom is -0.354 e. The highest BCUT2D eigenvalue weighted by Crippen LogP contribution is 2.56. The van der Waals surface area contributed by atoms with Crippen molar-refractivity contribution >= 4 is 17.4 Å². The van der Waals surface area contributed by atoms with Crippen LogP contribution in [0.15, 0.2) is 30.6 Å². The largest absolute Gasteiger partial charge is 0.401 e. The molecule has 38 heavy (non-hydrogen) atoms. The van der Waals surface area contributed by atoms with Crippen LogP contribution in [0.3, 0.4) is 0 Å². The predicted molar refractivity (Wildman–Crippen MR) is 135 cm³/mol. The second kappa shape index (κ2) is 8.62. The second-order valence-corrected chi connectivity index (χ2v) is 11.8. The highest BCUT2D eigenvalue weighted by atomic mass is 35.5. The molecule has 8 nitrogen and oxygen atoms in total. The number of hydrogen-bond acceptors (Lipinski definition) is 7. The zero-order chi connectivity index (χ0) is 26.2. The Morgan fingerprint density at radius 1 is 1.05 bits per heavy atom. The van der Waals surface area contributed by atoms with E-state index in [0.29, 0.717) is 37.1 Å². The molecule has 0 amide bonds. The number of alkyl halides is 3. The van der Waals surface area contributed by atoms with Gasteiger partial charge >= 0.3 is 6.18 Å². The molecule has 1 aliphatic carbocycles. The Kier molecular flexibility index (Phi) is 5.51. The molecule has 3 aromatic rings. The van der Waals surface area contributed by atoms with Gasteiger partial charge in [0.15, 0.2) is 5.82 Å². The molecule has 0 N–H and O–H groups in total. The van der Waals surface area contributed by atoms with Crippen molar-refractivity contribution in [3.63, 3.8) is 0 Å². The molecular weight excluding hydrogens is 517 g/mol. The average Bonchev–Trinajstić information content (AvgIpc) is 3.10. The summed E-state index contributed by atoms with van der Waals surface area (Å²) in [4.78, 5) is 14.9. The summed E-state index contributed by atoms with van der Waals surface area (Å²) in [6, 6.07) is 5.90. The minimum atomic E-state index is -4.18. The first kappa shape index (κ1) is 24.3. The highest BCUT2D eigenvalue weighted by molar-refractivity contribution is 6.30. The third-order valence-electron chi connectivity index (χ3n) is 8.54. The van der Waals surface area contributed by atoms with Gasteiger partial charge in [0.1, 0.15) is 11.6 Å². The summed E-state index contributed by atoms with van der Waals surface area (Å²) in [5, 5.41) is 9.89. The molecular formula is C26H28ClF3N8. The van der Waals surface area contributed by atoms with Crippen LogP contribution in [-0.2, 0) is 13.1 Å². The molecule has 1 saturated carbocycles. The number of hydrogen-bond donors (Lipinski definition) is 0. The van der Waals surface area contributed by atoms with Crippen LogP contribution in [0.25, 0.3) is 5.69 Å². The number of fused-ring (bicyclic) bond motifs is 3. The third-order valence-corrected chi connectivity index (χ3v) is 8.78. The van der Waals surface area contributed by atoms with E-state index in [1.807, 2.05) is 25.1 Å². The quantitative estimate of drug-likeness (QED) is 0.492. The molecule has 2 aromatic heterocycles. The van der Waals surface area contributed by atoms with Gasteiger partial charge in [-0.1, -0.05) is 11.6 Å². The number of rotatable bonds is 4. The first-order chi connectivity index (χ1) is 18.2. The van der Waals surface area contributed by atoms with Gasteiger partial charge in [-0.3, -0.25) is 19.4 Å². The zero-order valence-electron chi connectivity index (χ0n) is 21.0. The van der Waals surface area contributed by atoms with E-state index in [9.17, 15) is 13.2 Å². The van der Waals surface area contributed by atoms with Crippen molar-refractivity contribution < 1.29 is 13.2 Å². The van der Waals surface area contributed by atoms with E-state index < -0.39 is 12.7 Å². The molecule has 0 radical (unpaired) electrons. The van der Waals surface area contributed by atoms with Crippen LogP contribution in [0.1, 0.15) is 41.7 Å². The van der Waals surface area contributed by atoms with Crippen molar-refractivity contribution in [1.29, 1.82) is 0 Å². The van der Waals surface area contributed by atoms with Gasteiger partial charge in [-0.05, 0) is 43.5 Å². The number of anilines is 1. The van der Waals surface area contributed by atoms with E-state index >= 15 is 0 Å². The smallest absolute Gasteiger partial charge is 0.354 e. The summed E-state index contributed by atoms with van der Waals surface area (Å²) in [6.07, 6.45) is 1.38. The summed E-state index contributed by atoms with van der Waals surface area (Å²) in [5.41, 5.74) is 3.29. The van der Waals surface area contributed by atoms with E-state index in [4.69, 9.17) is 11.6 Å². The van der Waals surface area contributed by atoms with Gasteiger partial charge in [-0.15, -0.1) is 10.2 Å². The van der Waals surface area contributed by atoms with Gasteiger partial charge in [0.25, 0.3) is 0 Å². The van der Waals surface area contributed by atoms with Crippen LogP contribution in [0, 0.1) is 12.3 Å². The Labute approximate surface area is 223 Å². The third kappa shape index (κ3) is 4.15. The van der Waals surface area contributed by atoms with Gasteiger partial charge in [-0.25, -0.2) is 4.98 Å². The molecule has 3 fully saturated rings. The molecule has 3 aliphatic heterocycles. The van der Waals surface area contributed by atoms with Crippen LogP contribution < -0.4 is 4.90 Å². The maximum atomic E-state index is 12.8. The SMILES string of the molecule is Cc1nccnc1N1CC2(CC(c3nnc4n3-c3ccc(Cl)cc3CN(C3CN(CC(F)(F)F)C3)C4)C2)C1. The minimum absolute atomic E-state index is 0.0355. The standard InChI is InChI=1S/C26H28ClF3N8/c1-16-23(32-5-4-31-16)37-13-25(14-37)7-18(8-25)24-34-33-22-12-36(20-10-35(11-20)15-26(28,29)30)9-17-6-19(27)2-3-21(17)38(22)24/h2-6,18,20H,7-15H2,1H3. The predicted octanol–water partition coefficient (Wildman–Crippen LogP) is 3.97. The van der Waals surface area contributed by atoms with Crippen molar-refractivity contribution in [1.82, 2.24) is 34.5 Å². The Morgan fingerprint density at radius 3 is 2.55 bits per heavy atom. The number of nitrogens with zero attached hydrogens (tertiary/aromatic N) is 8. The molecule has 2 saturated heterocycles. The summed E-state index contributed by atoms with van der Waals surface area (Å²) in [5.74, 6) is 3.08. The molecule has 5 heterocycles. The molecule has 1 spiro atoms. The maximum absolute atomic E-state index is 12.8. The lowest BCUT2D eigenvalue weighted by Crippen LogP contribution is -2.62. The molecule has 7 rings (SSSR count). The van der Waals surface area contributed by atoms with Crippen LogP contribution >= 0.6 is 11.6 Å². The monoisotopic (exact) mass is 544 g/mol. The number of aryl methyl sites for hydroxylation is 1. The Bertz CT molecular complexity index is 1370. The van der Waals surface area contributed by atoms with E-state index in [2.05, 4.69) is 34.5 Å². The summed E-state index contributed by atoms with van der Waals surface area (Å²) < 4.78 is 40.7. The van der Waals surface area contributed by atoms with Gasteiger partial charge < -0.3 is 4.90 Å². The van der Waals surface area contributed by atoms with Crippen LogP contribution in [-0.4, -0.2) is 79.5 Å². The number of likely N-dealkylation sites (tertiary alicyclic amines) is 1. The van der Waals surface area contributed by atoms with E-state index in [1.165, 1.54) is 4.90 Å². The number of halogens is 4. The van der Waals surface area contributed by atoms with Gasteiger partial charge in [0.2, 0.25) is 0 Å². The zero-order valence-corrected chi connectivity index (χ0v) is 21.8. The Morgan fingerprint density at radius 2 is 1.82 bits per heavy atom. The fraction of sp³-hybridized carbons (Fsp3) is 0.538. The topological polar surface area (TPSA) is 66.2 Å². The molecule has 12 heteroatoms. The molecule has 4 aliphatic rings. The van der Waals surface area contributed by atoms with Crippen LogP contribution in [0.4, 0.5) is 19.0 Å². The molecule has 1 aromatic carbocycles. The summed E-state index contributed by atoms with van der Waals surface area (Å²) in [7, 11) is 0. The lowest BCUT2D eigenvalue weighted by molar-refractivity contribution is -0.161. The van der Waals surface area contributed by atoms with Crippen molar-refractivity contribution in [2.45, 2.75) is 51.0 Å². The van der Waals surface area contributed by atoms with Gasteiger partial charge in [0.05, 0.1) is 24.5 Å². The van der Waals surface area contributed by atoms with Crippen molar-refractivity contribution in [2.75, 3.05) is 37.6 Å². The first-order valence-corrected chi connectivity index (χ1v) is 13.3. The Balaban J connectivity index is 1.10. The van der Waals surface area contributed by atoms with Gasteiger partial charge in [0, 0.05) is 67.5 Å². The van der Waals surface area contributed by atoms with Crippen molar-refractivity contribution in [3.05, 3.63) is 58.5 Å². The second-order valence-electron chi connectivity index (χ2n) is 11.4. The fourth-order valence-electron chi connectivity index (χ4n) is 6.78. The first-order valence-electron chi connectivity index (χ1n) is 13.0. The number of benzene rings is 1. The molecule has 0 bridgehead atoms. The Hall–Kier alpha value is -2.76. The highest BCUT2D eigenvalue weighted by Gasteiger charge is 2.55. The van der Waals surface area contributed by atoms with Crippen LogP contribution in [0.5, 0.6) is 0 Å². The fourth-order valence-corrected chi connectivity index (χ4v) is 6.97. The molecule has 200 valence electrons. The average molecular weight is 545 g/mol. The van der Waals surface area contributed by atoms with Crippen molar-refractivity contribution in [3.8, 4) is 5.69 Å². The normalized spacial score (nSPS) is 21.9. The summed E-state index contributed by atoms with van der Waals surface area (Å²) in [6.45, 7) is 5.02. The number of aromatic nitrogens is 5. The molecule has 0 unspecified atom stereocenters. The van der Waals surface area contributed by atoms with Crippen LogP contribution in [0.2, 0.25) is 5.02 Å².